The molecule has 2 amide bonds. The van der Waals surface area contributed by atoms with Crippen LogP contribution in [0.3, 0.4) is 0 Å². The van der Waals surface area contributed by atoms with Gasteiger partial charge in [0.15, 0.2) is 0 Å². The predicted molar refractivity (Wildman–Crippen MR) is 104 cm³/mol. The Morgan fingerprint density at radius 1 is 1.11 bits per heavy atom. The lowest BCUT2D eigenvalue weighted by Gasteiger charge is -2.10. The van der Waals surface area contributed by atoms with Gasteiger partial charge in [0.1, 0.15) is 5.75 Å². The standard InChI is InChI=1S/C19H20ClN3O5/c1-12-10-14(5-7-16(12)23(26)27)19(25)22-21-18(24)4-3-9-28-17-8-6-15(20)11-13(17)2/h5-8,10-11H,3-4,9H2,1-2H3,(H,21,24)(H,22,25). The van der Waals surface area contributed by atoms with Crippen molar-refractivity contribution in [3.8, 4) is 5.75 Å². The van der Waals surface area contributed by atoms with Crippen LogP contribution in [0.4, 0.5) is 5.69 Å². The van der Waals surface area contributed by atoms with Crippen molar-refractivity contribution in [1.82, 2.24) is 10.9 Å². The van der Waals surface area contributed by atoms with Crippen LogP contribution < -0.4 is 15.6 Å². The van der Waals surface area contributed by atoms with Crippen LogP contribution in [0.1, 0.15) is 34.3 Å². The second kappa shape index (κ2) is 9.70. The Morgan fingerprint density at radius 2 is 1.86 bits per heavy atom. The highest BCUT2D eigenvalue weighted by atomic mass is 35.5. The summed E-state index contributed by atoms with van der Waals surface area (Å²) >= 11 is 5.88. The second-order valence-corrected chi connectivity index (χ2v) is 6.56. The van der Waals surface area contributed by atoms with Crippen molar-refractivity contribution in [2.24, 2.45) is 0 Å². The third-order valence-corrected chi connectivity index (χ3v) is 4.15. The molecule has 0 bridgehead atoms. The number of ether oxygens (including phenoxy) is 1. The van der Waals surface area contributed by atoms with Gasteiger partial charge in [-0.1, -0.05) is 11.6 Å². The third-order valence-electron chi connectivity index (χ3n) is 3.91. The van der Waals surface area contributed by atoms with E-state index in [4.69, 9.17) is 16.3 Å². The number of hydrogen-bond acceptors (Lipinski definition) is 5. The molecule has 9 heteroatoms. The number of aryl methyl sites for hydroxylation is 2. The van der Waals surface area contributed by atoms with Crippen LogP contribution >= 0.6 is 11.6 Å². The van der Waals surface area contributed by atoms with Crippen LogP contribution in [-0.4, -0.2) is 23.3 Å². The minimum atomic E-state index is -0.556. The molecule has 0 aliphatic heterocycles. The molecule has 2 aromatic carbocycles. The number of nitrogens with one attached hydrogen (secondary N) is 2. The highest BCUT2D eigenvalue weighted by Crippen LogP contribution is 2.22. The molecule has 0 radical (unpaired) electrons. The van der Waals surface area contributed by atoms with E-state index < -0.39 is 10.8 Å². The van der Waals surface area contributed by atoms with Crippen LogP contribution in [-0.2, 0) is 4.79 Å². The molecule has 0 aliphatic rings. The SMILES string of the molecule is Cc1cc(Cl)ccc1OCCCC(=O)NNC(=O)c1ccc([N+](=O)[O-])c(C)c1. The van der Waals surface area contributed by atoms with Crippen molar-refractivity contribution in [2.45, 2.75) is 26.7 Å². The first kappa shape index (κ1) is 21.2. The largest absolute Gasteiger partial charge is 0.493 e. The number of rotatable bonds is 7. The molecule has 8 nitrogen and oxygen atoms in total. The Kier molecular flexibility index (Phi) is 7.34. The number of nitro groups is 1. The molecule has 0 aromatic heterocycles. The van der Waals surface area contributed by atoms with Crippen molar-refractivity contribution >= 4 is 29.1 Å². The van der Waals surface area contributed by atoms with E-state index in [-0.39, 0.29) is 23.6 Å². The lowest BCUT2D eigenvalue weighted by Crippen LogP contribution is -2.41. The molecular weight excluding hydrogens is 386 g/mol. The van der Waals surface area contributed by atoms with Gasteiger partial charge in [-0.3, -0.25) is 30.6 Å². The zero-order valence-corrected chi connectivity index (χ0v) is 16.2. The van der Waals surface area contributed by atoms with E-state index in [1.807, 2.05) is 6.92 Å². The zero-order chi connectivity index (χ0) is 20.7. The summed E-state index contributed by atoms with van der Waals surface area (Å²) in [6.07, 6.45) is 0.618. The Balaban J connectivity index is 1.74. The van der Waals surface area contributed by atoms with Gasteiger partial charge in [0.2, 0.25) is 5.91 Å². The van der Waals surface area contributed by atoms with E-state index in [2.05, 4.69) is 10.9 Å². The highest BCUT2D eigenvalue weighted by molar-refractivity contribution is 6.30. The minimum Gasteiger partial charge on any atom is -0.493 e. The van der Waals surface area contributed by atoms with E-state index in [1.165, 1.54) is 25.1 Å². The minimum absolute atomic E-state index is 0.0727. The summed E-state index contributed by atoms with van der Waals surface area (Å²) in [6.45, 7) is 3.75. The average Bonchev–Trinajstić information content (AvgIpc) is 2.64. The monoisotopic (exact) mass is 405 g/mol. The number of carbonyl (C=O) groups is 2. The van der Waals surface area contributed by atoms with E-state index in [0.29, 0.717) is 29.4 Å². The maximum absolute atomic E-state index is 12.0. The number of carbonyl (C=O) groups excluding carboxylic acids is 2. The number of benzene rings is 2. The Labute approximate surface area is 167 Å². The van der Waals surface area contributed by atoms with Gasteiger partial charge in [0.05, 0.1) is 11.5 Å². The van der Waals surface area contributed by atoms with Gasteiger partial charge in [0.25, 0.3) is 11.6 Å². The van der Waals surface area contributed by atoms with E-state index in [9.17, 15) is 19.7 Å². The van der Waals surface area contributed by atoms with Gasteiger partial charge in [-0.15, -0.1) is 0 Å². The Morgan fingerprint density at radius 3 is 2.50 bits per heavy atom. The first-order chi connectivity index (χ1) is 13.3. The van der Waals surface area contributed by atoms with Crippen molar-refractivity contribution in [3.05, 3.63) is 68.2 Å². The van der Waals surface area contributed by atoms with Crippen molar-refractivity contribution in [3.63, 3.8) is 0 Å². The van der Waals surface area contributed by atoms with Crippen LogP contribution in [0.15, 0.2) is 36.4 Å². The topological polar surface area (TPSA) is 111 Å². The lowest BCUT2D eigenvalue weighted by molar-refractivity contribution is -0.385. The molecule has 0 aliphatic carbocycles. The maximum Gasteiger partial charge on any atom is 0.272 e. The van der Waals surface area contributed by atoms with Gasteiger partial charge in [-0.25, -0.2) is 0 Å². The predicted octanol–water partition coefficient (Wildman–Crippen LogP) is 3.49. The normalized spacial score (nSPS) is 10.2. The fourth-order valence-corrected chi connectivity index (χ4v) is 2.68. The van der Waals surface area contributed by atoms with Gasteiger partial charge in [0, 0.05) is 28.6 Å². The third kappa shape index (κ3) is 5.95. The number of nitro benzene ring substituents is 1. The molecule has 0 saturated carbocycles. The van der Waals surface area contributed by atoms with Crippen LogP contribution in [0, 0.1) is 24.0 Å². The van der Waals surface area contributed by atoms with E-state index in [1.54, 1.807) is 18.2 Å². The number of amides is 2. The summed E-state index contributed by atoms with van der Waals surface area (Å²) in [5, 5.41) is 11.4. The zero-order valence-electron chi connectivity index (χ0n) is 15.5. The van der Waals surface area contributed by atoms with Gasteiger partial charge in [-0.05, 0) is 56.2 Å². The number of hydrogen-bond donors (Lipinski definition) is 2. The smallest absolute Gasteiger partial charge is 0.272 e. The molecule has 2 N–H and O–H groups in total. The lowest BCUT2D eigenvalue weighted by atomic mass is 10.1. The number of hydrazine groups is 1. The molecular formula is C19H20ClN3O5. The molecule has 0 atom stereocenters. The van der Waals surface area contributed by atoms with Crippen LogP contribution in [0.5, 0.6) is 5.75 Å². The van der Waals surface area contributed by atoms with Gasteiger partial charge >= 0.3 is 0 Å². The first-order valence-electron chi connectivity index (χ1n) is 8.51. The molecule has 148 valence electrons. The van der Waals surface area contributed by atoms with E-state index >= 15 is 0 Å². The molecule has 0 spiro atoms. The van der Waals surface area contributed by atoms with Crippen molar-refractivity contribution < 1.29 is 19.2 Å². The van der Waals surface area contributed by atoms with Gasteiger partial charge in [-0.2, -0.15) is 0 Å². The molecule has 2 aromatic rings. The van der Waals surface area contributed by atoms with Crippen LogP contribution in [0.25, 0.3) is 0 Å². The van der Waals surface area contributed by atoms with Crippen molar-refractivity contribution in [2.75, 3.05) is 6.61 Å². The van der Waals surface area contributed by atoms with Crippen molar-refractivity contribution in [1.29, 1.82) is 0 Å². The molecule has 0 saturated heterocycles. The quantitative estimate of drug-likeness (QED) is 0.416. The highest BCUT2D eigenvalue weighted by Gasteiger charge is 2.14. The molecule has 28 heavy (non-hydrogen) atoms. The average molecular weight is 406 g/mol. The van der Waals surface area contributed by atoms with Gasteiger partial charge < -0.3 is 4.74 Å². The molecule has 0 unspecified atom stereocenters. The Hall–Kier alpha value is -3.13. The summed E-state index contributed by atoms with van der Waals surface area (Å²) < 4.78 is 5.60. The Bertz CT molecular complexity index is 901. The summed E-state index contributed by atoms with van der Waals surface area (Å²) in [5.74, 6) is -0.227. The first-order valence-corrected chi connectivity index (χ1v) is 8.89. The van der Waals surface area contributed by atoms with Crippen LogP contribution in [0.2, 0.25) is 5.02 Å². The summed E-state index contributed by atoms with van der Waals surface area (Å²) in [6, 6.07) is 9.26. The summed E-state index contributed by atoms with van der Waals surface area (Å²) in [7, 11) is 0. The maximum atomic E-state index is 12.0. The fourth-order valence-electron chi connectivity index (χ4n) is 2.45. The number of nitrogens with zero attached hydrogens (tertiary/aromatic N) is 1. The second-order valence-electron chi connectivity index (χ2n) is 6.12. The molecule has 0 heterocycles. The summed E-state index contributed by atoms with van der Waals surface area (Å²) in [5.41, 5.74) is 6.00. The number of halogens is 1. The fraction of sp³-hybridized carbons (Fsp3) is 0.263. The molecule has 0 fully saturated rings. The molecule has 2 rings (SSSR count). The summed E-state index contributed by atoms with van der Waals surface area (Å²) in [4.78, 5) is 34.1. The van der Waals surface area contributed by atoms with E-state index in [0.717, 1.165) is 5.56 Å².